The number of fused-ring (bicyclic) bond motifs is 6. The average molecular weight is 614 g/mol. The molecule has 1 N–H and O–H groups in total. The highest BCUT2D eigenvalue weighted by molar-refractivity contribution is 9.10. The van der Waals surface area contributed by atoms with Crippen LogP contribution in [-0.2, 0) is 19.6 Å². The second kappa shape index (κ2) is 12.3. The maximum Gasteiger partial charge on any atom is 0.313 e. The minimum absolute atomic E-state index is 0.128. The fourth-order valence-electron chi connectivity index (χ4n) is 4.38. The van der Waals surface area contributed by atoms with Crippen molar-refractivity contribution in [1.82, 2.24) is 9.97 Å². The Bertz CT molecular complexity index is 1470. The molecule has 0 unspecified atom stereocenters. The minimum Gasteiger partial charge on any atom is -0.466 e. The molecule has 3 aromatic rings. The van der Waals surface area contributed by atoms with E-state index in [0.717, 1.165) is 34.9 Å². The van der Waals surface area contributed by atoms with Crippen molar-refractivity contribution in [2.75, 3.05) is 29.3 Å². The van der Waals surface area contributed by atoms with E-state index in [-0.39, 0.29) is 16.8 Å². The van der Waals surface area contributed by atoms with E-state index in [0.29, 0.717) is 31.2 Å². The number of ether oxygens (including phenoxy) is 1. The van der Waals surface area contributed by atoms with Gasteiger partial charge in [-0.1, -0.05) is 42.5 Å². The second-order valence-corrected chi connectivity index (χ2v) is 12.5. The molecular formula is C29H33BrN4O4S. The lowest BCUT2D eigenvalue weighted by Crippen LogP contribution is -2.41. The van der Waals surface area contributed by atoms with Crippen LogP contribution in [0.5, 0.6) is 0 Å². The molecule has 206 valence electrons. The number of sulfonamides is 1. The van der Waals surface area contributed by atoms with Gasteiger partial charge in [0.05, 0.1) is 17.7 Å². The summed E-state index contributed by atoms with van der Waals surface area (Å²) < 4.78 is 35.4. The summed E-state index contributed by atoms with van der Waals surface area (Å²) in [5.74, 6) is 0.355. The summed E-state index contributed by atoms with van der Waals surface area (Å²) in [4.78, 5) is 23.8. The number of halogens is 1. The number of esters is 1. The zero-order valence-corrected chi connectivity index (χ0v) is 24.8. The third kappa shape index (κ3) is 7.05. The lowest BCUT2D eigenvalue weighted by Gasteiger charge is -2.32. The van der Waals surface area contributed by atoms with Crippen LogP contribution in [0.1, 0.15) is 45.6 Å². The number of allylic oxidation sites excluding steroid dienone is 1. The summed E-state index contributed by atoms with van der Waals surface area (Å²) in [6.45, 7) is 6.66. The van der Waals surface area contributed by atoms with Gasteiger partial charge in [-0.3, -0.25) is 9.52 Å². The number of carbonyl (C=O) groups is 1. The standard InChI is InChI=1S/C29H33BrN4O4S/c1-4-38-28(35)29(2,3)20-34-19-10-6-5-7-12-21-13-8-9-14-22(21)27-23(30)17-18-24(31-27)33-39(36,37)26-16-11-15-25(34)32-26/h7-9,11-18H,4-6,10,19-20H2,1-3H3,(H,31,33)/b12-7-. The molecule has 39 heavy (non-hydrogen) atoms. The molecule has 0 amide bonds. The highest BCUT2D eigenvalue weighted by atomic mass is 79.9. The summed E-state index contributed by atoms with van der Waals surface area (Å²) in [5, 5.41) is -0.128. The Morgan fingerprint density at radius 2 is 1.87 bits per heavy atom. The van der Waals surface area contributed by atoms with Crippen LogP contribution < -0.4 is 9.62 Å². The molecular weight excluding hydrogens is 580 g/mol. The van der Waals surface area contributed by atoms with E-state index < -0.39 is 15.4 Å². The Hall–Kier alpha value is -3.24. The number of nitrogens with one attached hydrogen (secondary N) is 1. The van der Waals surface area contributed by atoms with Crippen molar-refractivity contribution in [2.45, 2.75) is 45.1 Å². The third-order valence-electron chi connectivity index (χ3n) is 6.37. The number of pyridine rings is 2. The molecule has 4 bridgehead atoms. The van der Waals surface area contributed by atoms with Gasteiger partial charge in [0.25, 0.3) is 10.0 Å². The van der Waals surface area contributed by atoms with Crippen LogP contribution in [0.15, 0.2) is 70.2 Å². The zero-order chi connectivity index (χ0) is 28.0. The van der Waals surface area contributed by atoms with Gasteiger partial charge in [-0.2, -0.15) is 8.42 Å². The van der Waals surface area contributed by atoms with Crippen LogP contribution >= 0.6 is 15.9 Å². The predicted molar refractivity (Wildman–Crippen MR) is 158 cm³/mol. The van der Waals surface area contributed by atoms with E-state index in [4.69, 9.17) is 4.74 Å². The fourth-order valence-corrected chi connectivity index (χ4v) is 5.78. The molecule has 1 aliphatic heterocycles. The van der Waals surface area contributed by atoms with Crippen LogP contribution in [0.4, 0.5) is 11.6 Å². The molecule has 8 nitrogen and oxygen atoms in total. The van der Waals surface area contributed by atoms with Crippen LogP contribution in [0.25, 0.3) is 17.3 Å². The Morgan fingerprint density at radius 3 is 2.67 bits per heavy atom. The summed E-state index contributed by atoms with van der Waals surface area (Å²) in [7, 11) is -4.04. The number of anilines is 2. The maximum atomic E-state index is 13.4. The molecule has 3 heterocycles. The fraction of sp³-hybridized carbons (Fsp3) is 0.345. The van der Waals surface area contributed by atoms with Crippen molar-refractivity contribution in [3.63, 3.8) is 0 Å². The number of hydrogen-bond donors (Lipinski definition) is 1. The van der Waals surface area contributed by atoms with E-state index in [1.165, 1.54) is 6.07 Å². The lowest BCUT2D eigenvalue weighted by atomic mass is 9.92. The molecule has 4 rings (SSSR count). The number of aromatic nitrogens is 2. The number of rotatable bonds is 4. The van der Waals surface area contributed by atoms with Gasteiger partial charge in [0.2, 0.25) is 0 Å². The summed E-state index contributed by atoms with van der Waals surface area (Å²) in [5.41, 5.74) is 1.69. The third-order valence-corrected chi connectivity index (χ3v) is 8.27. The first-order chi connectivity index (χ1) is 18.6. The molecule has 0 saturated heterocycles. The monoisotopic (exact) mass is 612 g/mol. The first-order valence-electron chi connectivity index (χ1n) is 13.0. The van der Waals surface area contributed by atoms with Gasteiger partial charge in [-0.15, -0.1) is 0 Å². The van der Waals surface area contributed by atoms with Gasteiger partial charge in [-0.05, 0) is 85.8 Å². The van der Waals surface area contributed by atoms with Crippen LogP contribution in [-0.4, -0.2) is 44.1 Å². The maximum absolute atomic E-state index is 13.4. The Labute approximate surface area is 238 Å². The van der Waals surface area contributed by atoms with E-state index in [1.54, 1.807) is 31.2 Å². The van der Waals surface area contributed by atoms with Gasteiger partial charge < -0.3 is 9.64 Å². The van der Waals surface area contributed by atoms with E-state index in [9.17, 15) is 13.2 Å². The van der Waals surface area contributed by atoms with Crippen molar-refractivity contribution in [2.24, 2.45) is 5.41 Å². The van der Waals surface area contributed by atoms with Crippen molar-refractivity contribution in [3.05, 3.63) is 70.7 Å². The molecule has 0 aliphatic carbocycles. The number of nitrogens with zero attached hydrogens (tertiary/aromatic N) is 3. The smallest absolute Gasteiger partial charge is 0.313 e. The SMILES string of the molecule is CCOC(=O)C(C)(C)CN1CCCC/C=C\c2ccccc2-c2nc(ccc2Br)NS(=O)(=O)c2cccc1n2. The molecule has 10 heteroatoms. The van der Waals surface area contributed by atoms with Crippen LogP contribution in [0.3, 0.4) is 0 Å². The average Bonchev–Trinajstić information content (AvgIpc) is 2.91. The molecule has 0 fully saturated rings. The van der Waals surface area contributed by atoms with Crippen molar-refractivity contribution < 1.29 is 17.9 Å². The number of benzene rings is 1. The molecule has 0 spiro atoms. The number of hydrogen-bond acceptors (Lipinski definition) is 7. The topological polar surface area (TPSA) is 101 Å². The van der Waals surface area contributed by atoms with Gasteiger partial charge in [0, 0.05) is 23.1 Å². The quantitative estimate of drug-likeness (QED) is 0.345. The molecule has 0 radical (unpaired) electrons. The molecule has 2 aromatic heterocycles. The largest absolute Gasteiger partial charge is 0.466 e. The Kier molecular flexibility index (Phi) is 9.07. The highest BCUT2D eigenvalue weighted by Gasteiger charge is 2.32. The van der Waals surface area contributed by atoms with Crippen LogP contribution in [0, 0.1) is 5.41 Å². The van der Waals surface area contributed by atoms with Crippen LogP contribution in [0.2, 0.25) is 0 Å². The summed E-state index contributed by atoms with van der Waals surface area (Å²) in [6.07, 6.45) is 6.82. The molecule has 1 aliphatic rings. The van der Waals surface area contributed by atoms with E-state index >= 15 is 0 Å². The summed E-state index contributed by atoms with van der Waals surface area (Å²) >= 11 is 3.57. The first kappa shape index (κ1) is 28.8. The normalized spacial score (nSPS) is 16.4. The molecule has 0 atom stereocenters. The second-order valence-electron chi connectivity index (χ2n) is 9.98. The lowest BCUT2D eigenvalue weighted by molar-refractivity contribution is -0.152. The highest BCUT2D eigenvalue weighted by Crippen LogP contribution is 2.32. The zero-order valence-electron chi connectivity index (χ0n) is 22.4. The van der Waals surface area contributed by atoms with Gasteiger partial charge in [0.1, 0.15) is 11.6 Å². The number of carbonyl (C=O) groups excluding carboxylic acids is 1. The van der Waals surface area contributed by atoms with E-state index in [1.807, 2.05) is 43.0 Å². The van der Waals surface area contributed by atoms with Crippen molar-refractivity contribution in [3.8, 4) is 11.3 Å². The van der Waals surface area contributed by atoms with Gasteiger partial charge >= 0.3 is 5.97 Å². The molecule has 0 saturated carbocycles. The summed E-state index contributed by atoms with van der Waals surface area (Å²) in [6, 6.07) is 16.1. The minimum atomic E-state index is -4.04. The first-order valence-corrected chi connectivity index (χ1v) is 15.2. The Balaban J connectivity index is 1.76. The van der Waals surface area contributed by atoms with E-state index in [2.05, 4.69) is 42.8 Å². The molecule has 1 aromatic carbocycles. The predicted octanol–water partition coefficient (Wildman–Crippen LogP) is 6.30. The Morgan fingerprint density at radius 1 is 1.08 bits per heavy atom. The van der Waals surface area contributed by atoms with Gasteiger partial charge in [-0.25, -0.2) is 9.97 Å². The van der Waals surface area contributed by atoms with Crippen molar-refractivity contribution >= 4 is 49.6 Å². The van der Waals surface area contributed by atoms with Gasteiger partial charge in [0.15, 0.2) is 5.03 Å². The van der Waals surface area contributed by atoms with Crippen molar-refractivity contribution in [1.29, 1.82) is 0 Å².